The lowest BCUT2D eigenvalue weighted by atomic mass is 10.1. The standard InChI is InChI=1S/C10H16N4O2S/c11-7-6-8(13-4-2-1-3-5-13)14(15)10(12)9(7)16-17/h6,17H,1-5,11-12H2. The summed E-state index contributed by atoms with van der Waals surface area (Å²) in [6.45, 7) is 1.70. The molecular weight excluding hydrogens is 240 g/mol. The van der Waals surface area contributed by atoms with E-state index in [2.05, 4.69) is 12.9 Å². The summed E-state index contributed by atoms with van der Waals surface area (Å²) in [5, 5.41) is 12.0. The lowest BCUT2D eigenvalue weighted by molar-refractivity contribution is -0.576. The molecule has 1 aliphatic heterocycles. The Kier molecular flexibility index (Phi) is 3.37. The molecule has 1 saturated heterocycles. The molecule has 2 rings (SSSR count). The Morgan fingerprint density at radius 2 is 1.94 bits per heavy atom. The molecule has 94 valence electrons. The van der Waals surface area contributed by atoms with Crippen LogP contribution in [0.25, 0.3) is 0 Å². The van der Waals surface area contributed by atoms with Crippen molar-refractivity contribution < 1.29 is 8.91 Å². The average Bonchev–Trinajstić information content (AvgIpc) is 2.35. The second kappa shape index (κ2) is 4.79. The van der Waals surface area contributed by atoms with Crippen LogP contribution in [0.4, 0.5) is 17.3 Å². The molecule has 0 atom stereocenters. The third-order valence-electron chi connectivity index (χ3n) is 2.98. The van der Waals surface area contributed by atoms with Gasteiger partial charge in [0.2, 0.25) is 11.6 Å². The minimum absolute atomic E-state index is 0.0550. The summed E-state index contributed by atoms with van der Waals surface area (Å²) in [4.78, 5) is 1.99. The summed E-state index contributed by atoms with van der Waals surface area (Å²) >= 11 is 3.63. The number of nitrogens with two attached hydrogens (primary N) is 2. The van der Waals surface area contributed by atoms with Crippen LogP contribution in [0, 0.1) is 5.21 Å². The first-order chi connectivity index (χ1) is 8.15. The van der Waals surface area contributed by atoms with Crippen molar-refractivity contribution in [2.75, 3.05) is 29.5 Å². The molecule has 6 nitrogen and oxygen atoms in total. The number of hydrogen-bond donors (Lipinski definition) is 3. The topological polar surface area (TPSA) is 91.5 Å². The van der Waals surface area contributed by atoms with Gasteiger partial charge in [0.05, 0.1) is 18.8 Å². The largest absolute Gasteiger partial charge is 0.740 e. The molecule has 4 N–H and O–H groups in total. The van der Waals surface area contributed by atoms with Crippen molar-refractivity contribution in [1.29, 1.82) is 0 Å². The van der Waals surface area contributed by atoms with Gasteiger partial charge in [-0.15, -0.1) is 0 Å². The number of hydrogen-bond acceptors (Lipinski definition) is 6. The van der Waals surface area contributed by atoms with Crippen LogP contribution in [0.1, 0.15) is 19.3 Å². The van der Waals surface area contributed by atoms with E-state index in [0.717, 1.165) is 25.9 Å². The molecule has 1 aromatic heterocycles. The third kappa shape index (κ3) is 2.14. The van der Waals surface area contributed by atoms with E-state index in [-0.39, 0.29) is 11.6 Å². The molecule has 1 fully saturated rings. The number of nitrogen functional groups attached to an aromatic ring is 2. The molecule has 0 amide bonds. The van der Waals surface area contributed by atoms with Gasteiger partial charge >= 0.3 is 0 Å². The Morgan fingerprint density at radius 1 is 1.29 bits per heavy atom. The molecule has 0 aromatic carbocycles. The van der Waals surface area contributed by atoms with Crippen LogP contribution in [0.15, 0.2) is 6.07 Å². The fraction of sp³-hybridized carbons (Fsp3) is 0.500. The van der Waals surface area contributed by atoms with Crippen molar-refractivity contribution in [3.05, 3.63) is 11.3 Å². The summed E-state index contributed by atoms with van der Waals surface area (Å²) in [6.07, 6.45) is 3.34. The van der Waals surface area contributed by atoms with E-state index in [1.165, 1.54) is 6.42 Å². The second-order valence-electron chi connectivity index (χ2n) is 4.11. The fourth-order valence-electron chi connectivity index (χ4n) is 2.07. The van der Waals surface area contributed by atoms with Crippen LogP contribution in [-0.4, -0.2) is 13.1 Å². The van der Waals surface area contributed by atoms with Crippen LogP contribution in [0.3, 0.4) is 0 Å². The van der Waals surface area contributed by atoms with Gasteiger partial charge in [-0.2, -0.15) is 0 Å². The lowest BCUT2D eigenvalue weighted by Gasteiger charge is -2.28. The quantitative estimate of drug-likeness (QED) is 0.313. The third-order valence-corrected chi connectivity index (χ3v) is 3.16. The molecule has 0 spiro atoms. The van der Waals surface area contributed by atoms with E-state index < -0.39 is 0 Å². The Bertz CT molecular complexity index is 421. The van der Waals surface area contributed by atoms with Crippen LogP contribution in [-0.2, 0) is 0 Å². The van der Waals surface area contributed by atoms with Gasteiger partial charge < -0.3 is 20.9 Å². The number of piperidine rings is 1. The first-order valence-corrected chi connectivity index (χ1v) is 5.89. The molecule has 0 aliphatic carbocycles. The number of nitrogens with zero attached hydrogens (tertiary/aromatic N) is 2. The molecule has 17 heavy (non-hydrogen) atoms. The maximum absolute atomic E-state index is 12.0. The van der Waals surface area contributed by atoms with Crippen molar-refractivity contribution in [3.63, 3.8) is 0 Å². The Labute approximate surface area is 105 Å². The Hall–Kier alpha value is -1.50. The highest BCUT2D eigenvalue weighted by molar-refractivity contribution is 7.75. The zero-order valence-electron chi connectivity index (χ0n) is 9.43. The van der Waals surface area contributed by atoms with Gasteiger partial charge in [-0.25, -0.2) is 4.73 Å². The van der Waals surface area contributed by atoms with Crippen LogP contribution in [0.2, 0.25) is 0 Å². The molecule has 0 radical (unpaired) electrons. The van der Waals surface area contributed by atoms with E-state index in [4.69, 9.17) is 15.7 Å². The number of rotatable bonds is 2. The highest BCUT2D eigenvalue weighted by Gasteiger charge is 2.22. The van der Waals surface area contributed by atoms with Crippen LogP contribution >= 0.6 is 12.9 Å². The van der Waals surface area contributed by atoms with Gasteiger partial charge in [-0.3, -0.25) is 4.90 Å². The summed E-state index contributed by atoms with van der Waals surface area (Å²) < 4.78 is 5.35. The van der Waals surface area contributed by atoms with Crippen molar-refractivity contribution in [2.24, 2.45) is 0 Å². The van der Waals surface area contributed by atoms with Gasteiger partial charge in [0.1, 0.15) is 0 Å². The minimum atomic E-state index is -0.0550. The summed E-state index contributed by atoms with van der Waals surface area (Å²) in [5.74, 6) is 0.540. The number of thiol groups is 1. The van der Waals surface area contributed by atoms with Crippen LogP contribution in [0.5, 0.6) is 5.75 Å². The normalized spacial score (nSPS) is 15.9. The van der Waals surface area contributed by atoms with E-state index >= 15 is 0 Å². The van der Waals surface area contributed by atoms with Gasteiger partial charge in [0.25, 0.3) is 5.82 Å². The van der Waals surface area contributed by atoms with Crippen molar-refractivity contribution >= 4 is 30.2 Å². The van der Waals surface area contributed by atoms with E-state index in [1.54, 1.807) is 6.07 Å². The molecule has 0 saturated carbocycles. The highest BCUT2D eigenvalue weighted by atomic mass is 32.1. The first kappa shape index (κ1) is 12.0. The summed E-state index contributed by atoms with van der Waals surface area (Å²) in [5.41, 5.74) is 11.8. The zero-order chi connectivity index (χ0) is 12.4. The van der Waals surface area contributed by atoms with E-state index in [1.807, 2.05) is 4.90 Å². The predicted molar refractivity (Wildman–Crippen MR) is 69.9 cm³/mol. The van der Waals surface area contributed by atoms with Crippen molar-refractivity contribution in [3.8, 4) is 5.75 Å². The highest BCUT2D eigenvalue weighted by Crippen LogP contribution is 2.31. The van der Waals surface area contributed by atoms with Gasteiger partial charge in [0, 0.05) is 19.0 Å². The van der Waals surface area contributed by atoms with Gasteiger partial charge in [-0.05, 0) is 19.3 Å². The SMILES string of the molecule is Nc1cc(N2CCCCC2)[n+]([O-])c(N)c1OS. The van der Waals surface area contributed by atoms with Crippen LogP contribution < -0.4 is 25.3 Å². The smallest absolute Gasteiger partial charge is 0.266 e. The summed E-state index contributed by atoms with van der Waals surface area (Å²) in [6, 6.07) is 1.58. The molecule has 2 heterocycles. The monoisotopic (exact) mass is 256 g/mol. The number of aromatic nitrogens is 1. The Balaban J connectivity index is 2.40. The molecule has 1 aromatic rings. The molecule has 0 unspecified atom stereocenters. The molecule has 0 bridgehead atoms. The number of pyridine rings is 1. The lowest BCUT2D eigenvalue weighted by Crippen LogP contribution is -2.42. The van der Waals surface area contributed by atoms with Gasteiger partial charge in [-0.1, -0.05) is 0 Å². The van der Waals surface area contributed by atoms with Crippen molar-refractivity contribution in [1.82, 2.24) is 0 Å². The van der Waals surface area contributed by atoms with E-state index in [0.29, 0.717) is 16.2 Å². The molecular formula is C10H16N4O2S. The maximum atomic E-state index is 12.0. The first-order valence-electron chi connectivity index (χ1n) is 5.53. The zero-order valence-corrected chi connectivity index (χ0v) is 10.3. The average molecular weight is 256 g/mol. The fourth-order valence-corrected chi connectivity index (χ4v) is 2.27. The van der Waals surface area contributed by atoms with Crippen molar-refractivity contribution in [2.45, 2.75) is 19.3 Å². The van der Waals surface area contributed by atoms with E-state index in [9.17, 15) is 5.21 Å². The Morgan fingerprint density at radius 3 is 2.53 bits per heavy atom. The van der Waals surface area contributed by atoms with Gasteiger partial charge in [0.15, 0.2) is 0 Å². The second-order valence-corrected chi connectivity index (χ2v) is 4.29. The maximum Gasteiger partial charge on any atom is 0.266 e. The minimum Gasteiger partial charge on any atom is -0.740 e. The number of anilines is 3. The molecule has 1 aliphatic rings. The predicted octanol–water partition coefficient (Wildman–Crippen LogP) is 0.698. The molecule has 7 heteroatoms. The summed E-state index contributed by atoms with van der Waals surface area (Å²) in [7, 11) is 0.